The van der Waals surface area contributed by atoms with Crippen LogP contribution in [0.2, 0.25) is 0 Å². The van der Waals surface area contributed by atoms with Crippen molar-refractivity contribution < 1.29 is 18.7 Å². The molecule has 1 aliphatic heterocycles. The number of amides is 1. The standard InChI is InChI=1S/C18H18FNO3/c1-22-15-8-5-13-11-20(18(21)16(13)17(15)23-2)10-9-12-3-6-14(19)7-4-12/h3-8H,9-11H2,1-2H3. The predicted octanol–water partition coefficient (Wildman–Crippen LogP) is 3.04. The van der Waals surface area contributed by atoms with E-state index in [4.69, 9.17) is 9.47 Å². The zero-order valence-electron chi connectivity index (χ0n) is 13.1. The van der Waals surface area contributed by atoms with Crippen LogP contribution < -0.4 is 9.47 Å². The topological polar surface area (TPSA) is 38.8 Å². The molecule has 0 aliphatic carbocycles. The molecular formula is C18H18FNO3. The number of rotatable bonds is 5. The highest BCUT2D eigenvalue weighted by molar-refractivity contribution is 6.01. The minimum atomic E-state index is -0.254. The van der Waals surface area contributed by atoms with Gasteiger partial charge in [0.2, 0.25) is 0 Å². The monoisotopic (exact) mass is 315 g/mol. The van der Waals surface area contributed by atoms with Crippen molar-refractivity contribution in [3.63, 3.8) is 0 Å². The summed E-state index contributed by atoms with van der Waals surface area (Å²) in [4.78, 5) is 14.4. The second kappa shape index (κ2) is 6.28. The summed E-state index contributed by atoms with van der Waals surface area (Å²) in [7, 11) is 3.09. The molecular weight excluding hydrogens is 297 g/mol. The largest absolute Gasteiger partial charge is 0.493 e. The molecule has 1 heterocycles. The first-order valence-electron chi connectivity index (χ1n) is 7.41. The van der Waals surface area contributed by atoms with Crippen LogP contribution in [0.3, 0.4) is 0 Å². The third kappa shape index (κ3) is 2.86. The Bertz CT molecular complexity index is 728. The lowest BCUT2D eigenvalue weighted by atomic mass is 10.1. The molecule has 1 amide bonds. The van der Waals surface area contributed by atoms with Gasteiger partial charge in [0.25, 0.3) is 5.91 Å². The van der Waals surface area contributed by atoms with Crippen LogP contribution in [0, 0.1) is 5.82 Å². The molecule has 2 aromatic rings. The zero-order valence-corrected chi connectivity index (χ0v) is 13.1. The highest BCUT2D eigenvalue weighted by Gasteiger charge is 2.32. The first-order valence-corrected chi connectivity index (χ1v) is 7.41. The SMILES string of the molecule is COc1ccc2c(c1OC)C(=O)N(CCc1ccc(F)cc1)C2. The maximum absolute atomic E-state index is 12.9. The fraction of sp³-hybridized carbons (Fsp3) is 0.278. The Morgan fingerprint density at radius 2 is 1.83 bits per heavy atom. The Labute approximate surface area is 134 Å². The third-order valence-corrected chi connectivity index (χ3v) is 4.08. The van der Waals surface area contributed by atoms with Gasteiger partial charge in [0.1, 0.15) is 5.82 Å². The van der Waals surface area contributed by atoms with Crippen molar-refractivity contribution in [3.8, 4) is 11.5 Å². The van der Waals surface area contributed by atoms with E-state index < -0.39 is 0 Å². The number of hydrogen-bond acceptors (Lipinski definition) is 3. The number of carbonyl (C=O) groups excluding carboxylic acids is 1. The lowest BCUT2D eigenvalue weighted by molar-refractivity contribution is 0.0777. The molecule has 5 heteroatoms. The van der Waals surface area contributed by atoms with Crippen LogP contribution in [0.4, 0.5) is 4.39 Å². The van der Waals surface area contributed by atoms with Gasteiger partial charge in [0.05, 0.1) is 19.8 Å². The molecule has 0 fully saturated rings. The van der Waals surface area contributed by atoms with E-state index in [0.29, 0.717) is 36.6 Å². The number of fused-ring (bicyclic) bond motifs is 1. The van der Waals surface area contributed by atoms with E-state index in [1.54, 1.807) is 24.1 Å². The van der Waals surface area contributed by atoms with Gasteiger partial charge in [-0.3, -0.25) is 4.79 Å². The normalized spacial score (nSPS) is 13.2. The van der Waals surface area contributed by atoms with Gasteiger partial charge < -0.3 is 14.4 Å². The van der Waals surface area contributed by atoms with Gasteiger partial charge in [-0.1, -0.05) is 18.2 Å². The molecule has 120 valence electrons. The van der Waals surface area contributed by atoms with Gasteiger partial charge in [-0.05, 0) is 35.7 Å². The van der Waals surface area contributed by atoms with E-state index in [1.165, 1.54) is 19.2 Å². The molecule has 0 spiro atoms. The zero-order chi connectivity index (χ0) is 16.4. The highest BCUT2D eigenvalue weighted by atomic mass is 19.1. The second-order valence-electron chi connectivity index (χ2n) is 5.44. The molecule has 0 N–H and O–H groups in total. The summed E-state index contributed by atoms with van der Waals surface area (Å²) < 4.78 is 23.5. The van der Waals surface area contributed by atoms with Crippen LogP contribution in [0.5, 0.6) is 11.5 Å². The first kappa shape index (κ1) is 15.3. The number of benzene rings is 2. The van der Waals surface area contributed by atoms with Crippen molar-refractivity contribution in [3.05, 3.63) is 58.9 Å². The summed E-state index contributed by atoms with van der Waals surface area (Å²) in [6.45, 7) is 1.13. The van der Waals surface area contributed by atoms with E-state index in [2.05, 4.69) is 0 Å². The first-order chi connectivity index (χ1) is 11.1. The average molecular weight is 315 g/mol. The van der Waals surface area contributed by atoms with Gasteiger partial charge in [0.15, 0.2) is 11.5 Å². The van der Waals surface area contributed by atoms with Gasteiger partial charge in [0, 0.05) is 13.1 Å². The fourth-order valence-electron chi connectivity index (χ4n) is 2.87. The lowest BCUT2D eigenvalue weighted by Crippen LogP contribution is -2.26. The summed E-state index contributed by atoms with van der Waals surface area (Å²) in [5, 5.41) is 0. The number of nitrogens with zero attached hydrogens (tertiary/aromatic N) is 1. The van der Waals surface area contributed by atoms with Crippen molar-refractivity contribution in [1.29, 1.82) is 0 Å². The van der Waals surface area contributed by atoms with Crippen LogP contribution in [0.15, 0.2) is 36.4 Å². The smallest absolute Gasteiger partial charge is 0.258 e. The van der Waals surface area contributed by atoms with E-state index >= 15 is 0 Å². The molecule has 2 aromatic carbocycles. The molecule has 0 atom stereocenters. The average Bonchev–Trinajstić information content (AvgIpc) is 2.90. The molecule has 3 rings (SSSR count). The van der Waals surface area contributed by atoms with Crippen molar-refractivity contribution in [2.75, 3.05) is 20.8 Å². The summed E-state index contributed by atoms with van der Waals surface area (Å²) >= 11 is 0. The van der Waals surface area contributed by atoms with Crippen LogP contribution in [-0.4, -0.2) is 31.6 Å². The van der Waals surface area contributed by atoms with E-state index in [9.17, 15) is 9.18 Å². The molecule has 23 heavy (non-hydrogen) atoms. The molecule has 0 bridgehead atoms. The molecule has 0 unspecified atom stereocenters. The quantitative estimate of drug-likeness (QED) is 0.851. The third-order valence-electron chi connectivity index (χ3n) is 4.08. The minimum absolute atomic E-state index is 0.0575. The van der Waals surface area contributed by atoms with Gasteiger partial charge in [-0.2, -0.15) is 0 Å². The van der Waals surface area contributed by atoms with Gasteiger partial charge in [-0.25, -0.2) is 4.39 Å². The Morgan fingerprint density at radius 1 is 1.09 bits per heavy atom. The molecule has 1 aliphatic rings. The second-order valence-corrected chi connectivity index (χ2v) is 5.44. The van der Waals surface area contributed by atoms with Crippen LogP contribution in [-0.2, 0) is 13.0 Å². The van der Waals surface area contributed by atoms with E-state index in [0.717, 1.165) is 11.1 Å². The highest BCUT2D eigenvalue weighted by Crippen LogP contribution is 2.38. The van der Waals surface area contributed by atoms with Crippen molar-refractivity contribution >= 4 is 5.91 Å². The molecule has 0 saturated carbocycles. The number of ether oxygens (including phenoxy) is 2. The van der Waals surface area contributed by atoms with Crippen LogP contribution in [0.1, 0.15) is 21.5 Å². The molecule has 0 radical (unpaired) electrons. The number of halogens is 1. The van der Waals surface area contributed by atoms with Crippen LogP contribution >= 0.6 is 0 Å². The van der Waals surface area contributed by atoms with E-state index in [-0.39, 0.29) is 11.7 Å². The number of carbonyl (C=O) groups is 1. The Morgan fingerprint density at radius 3 is 2.48 bits per heavy atom. The lowest BCUT2D eigenvalue weighted by Gasteiger charge is -2.15. The fourth-order valence-corrected chi connectivity index (χ4v) is 2.87. The summed E-state index contributed by atoms with van der Waals surface area (Å²) in [5.41, 5.74) is 2.51. The van der Waals surface area contributed by atoms with E-state index in [1.807, 2.05) is 12.1 Å². The molecule has 4 nitrogen and oxygen atoms in total. The molecule has 0 aromatic heterocycles. The van der Waals surface area contributed by atoms with Gasteiger partial charge in [-0.15, -0.1) is 0 Å². The van der Waals surface area contributed by atoms with Crippen LogP contribution in [0.25, 0.3) is 0 Å². The summed E-state index contributed by atoms with van der Waals surface area (Å²) in [6.07, 6.45) is 0.680. The minimum Gasteiger partial charge on any atom is -0.493 e. The Hall–Kier alpha value is -2.56. The Kier molecular flexibility index (Phi) is 4.19. The van der Waals surface area contributed by atoms with Crippen molar-refractivity contribution in [2.45, 2.75) is 13.0 Å². The summed E-state index contributed by atoms with van der Waals surface area (Å²) in [6, 6.07) is 10.1. The predicted molar refractivity (Wildman–Crippen MR) is 84.4 cm³/mol. The summed E-state index contributed by atoms with van der Waals surface area (Å²) in [5.74, 6) is 0.729. The maximum Gasteiger partial charge on any atom is 0.258 e. The van der Waals surface area contributed by atoms with Crippen molar-refractivity contribution in [1.82, 2.24) is 4.90 Å². The van der Waals surface area contributed by atoms with Gasteiger partial charge >= 0.3 is 0 Å². The number of methoxy groups -OCH3 is 2. The number of hydrogen-bond donors (Lipinski definition) is 0. The van der Waals surface area contributed by atoms with Crippen molar-refractivity contribution in [2.24, 2.45) is 0 Å². The maximum atomic E-state index is 12.9. The molecule has 0 saturated heterocycles. The Balaban J connectivity index is 1.77.